The summed E-state index contributed by atoms with van der Waals surface area (Å²) in [6.07, 6.45) is 0. The van der Waals surface area contributed by atoms with Crippen LogP contribution in [0.25, 0.3) is 0 Å². The summed E-state index contributed by atoms with van der Waals surface area (Å²) in [5.74, 6) is 0. The Morgan fingerprint density at radius 1 is 1.53 bits per heavy atom. The molecule has 0 saturated heterocycles. The largest absolute Gasteiger partial charge is 0.363 e. The van der Waals surface area contributed by atoms with Crippen LogP contribution in [0.2, 0.25) is 0 Å². The minimum atomic E-state index is -0.347. The van der Waals surface area contributed by atoms with Crippen LogP contribution in [-0.2, 0) is 6.54 Å². The smallest absolute Gasteiger partial charge is 0.293 e. The van der Waals surface area contributed by atoms with E-state index in [1.165, 1.54) is 0 Å². The molecular formula is C12H12IN3O2S. The highest BCUT2D eigenvalue weighted by Gasteiger charge is 2.18. The molecule has 0 aliphatic rings. The first-order valence-electron chi connectivity index (χ1n) is 5.53. The fraction of sp³-hybridized carbons (Fsp3) is 0.250. The van der Waals surface area contributed by atoms with Gasteiger partial charge in [0.25, 0.3) is 5.69 Å². The minimum absolute atomic E-state index is 0.126. The Labute approximate surface area is 128 Å². The van der Waals surface area contributed by atoms with Crippen LogP contribution in [0.5, 0.6) is 0 Å². The quantitative estimate of drug-likeness (QED) is 0.456. The Morgan fingerprint density at radius 2 is 2.26 bits per heavy atom. The number of halogens is 1. The summed E-state index contributed by atoms with van der Waals surface area (Å²) in [7, 11) is 1.84. The summed E-state index contributed by atoms with van der Waals surface area (Å²) in [5.41, 5.74) is 1.66. The average molecular weight is 389 g/mol. The van der Waals surface area contributed by atoms with Gasteiger partial charge in [-0.2, -0.15) is 0 Å². The van der Waals surface area contributed by atoms with Gasteiger partial charge in [-0.15, -0.1) is 11.3 Å². The molecule has 0 aliphatic heterocycles. The van der Waals surface area contributed by atoms with Crippen LogP contribution in [0.15, 0.2) is 23.6 Å². The molecule has 1 heterocycles. The molecule has 19 heavy (non-hydrogen) atoms. The number of aryl methyl sites for hydroxylation is 1. The fourth-order valence-electron chi connectivity index (χ4n) is 1.77. The Morgan fingerprint density at radius 3 is 2.84 bits per heavy atom. The summed E-state index contributed by atoms with van der Waals surface area (Å²) >= 11 is 3.65. The zero-order valence-corrected chi connectivity index (χ0v) is 13.4. The van der Waals surface area contributed by atoms with Crippen molar-refractivity contribution in [3.63, 3.8) is 0 Å². The van der Waals surface area contributed by atoms with Crippen molar-refractivity contribution in [3.05, 3.63) is 48.0 Å². The van der Waals surface area contributed by atoms with Gasteiger partial charge >= 0.3 is 0 Å². The van der Waals surface area contributed by atoms with Gasteiger partial charge in [0.15, 0.2) is 0 Å². The number of nitro groups is 1. The maximum Gasteiger partial charge on any atom is 0.293 e. The lowest BCUT2D eigenvalue weighted by molar-refractivity contribution is -0.384. The summed E-state index contributed by atoms with van der Waals surface area (Å²) in [5, 5.41) is 14.1. The number of nitrogens with zero attached hydrogens (tertiary/aromatic N) is 3. The van der Waals surface area contributed by atoms with Gasteiger partial charge in [-0.05, 0) is 41.6 Å². The van der Waals surface area contributed by atoms with E-state index in [1.807, 2.05) is 30.3 Å². The maximum atomic E-state index is 11.1. The van der Waals surface area contributed by atoms with Crippen molar-refractivity contribution in [2.45, 2.75) is 13.5 Å². The number of rotatable bonds is 4. The number of thiazole rings is 1. The van der Waals surface area contributed by atoms with E-state index >= 15 is 0 Å². The van der Waals surface area contributed by atoms with E-state index in [1.54, 1.807) is 23.5 Å². The molecule has 100 valence electrons. The van der Waals surface area contributed by atoms with E-state index in [0.717, 1.165) is 14.3 Å². The summed E-state index contributed by atoms with van der Waals surface area (Å²) in [6, 6.07) is 5.23. The first-order chi connectivity index (χ1) is 8.97. The molecule has 5 nitrogen and oxygen atoms in total. The third-order valence-corrected chi connectivity index (χ3v) is 4.10. The highest BCUT2D eigenvalue weighted by Crippen LogP contribution is 2.30. The lowest BCUT2D eigenvalue weighted by Crippen LogP contribution is -2.18. The number of hydrogen-bond acceptors (Lipinski definition) is 5. The number of hydrogen-bond donors (Lipinski definition) is 0. The lowest BCUT2D eigenvalue weighted by Gasteiger charge is -2.18. The molecule has 0 aliphatic carbocycles. The second-order valence-electron chi connectivity index (χ2n) is 4.10. The molecule has 0 amide bonds. The molecule has 1 aromatic carbocycles. The standard InChI is InChI=1S/C12H12IN3O2S/c1-8-14-10(7-19-8)6-15(2)11-4-3-9(13)5-12(11)16(17)18/h3-5,7H,6H2,1-2H3. The first-order valence-corrected chi connectivity index (χ1v) is 7.49. The van der Waals surface area contributed by atoms with Crippen molar-refractivity contribution in [3.8, 4) is 0 Å². The van der Waals surface area contributed by atoms with Crippen molar-refractivity contribution in [1.29, 1.82) is 0 Å². The number of aromatic nitrogens is 1. The Kier molecular flexibility index (Phi) is 4.35. The monoisotopic (exact) mass is 389 g/mol. The zero-order valence-electron chi connectivity index (χ0n) is 10.5. The third kappa shape index (κ3) is 3.41. The van der Waals surface area contributed by atoms with E-state index in [9.17, 15) is 10.1 Å². The Bertz CT molecular complexity index is 615. The van der Waals surface area contributed by atoms with Gasteiger partial charge in [-0.1, -0.05) is 0 Å². The molecule has 0 radical (unpaired) electrons. The van der Waals surface area contributed by atoms with Crippen molar-refractivity contribution < 1.29 is 4.92 Å². The van der Waals surface area contributed by atoms with Crippen molar-refractivity contribution in [2.75, 3.05) is 11.9 Å². The van der Waals surface area contributed by atoms with Gasteiger partial charge < -0.3 is 4.90 Å². The van der Waals surface area contributed by atoms with Crippen LogP contribution in [0.1, 0.15) is 10.7 Å². The van der Waals surface area contributed by atoms with E-state index in [4.69, 9.17) is 0 Å². The van der Waals surface area contributed by atoms with Gasteiger partial charge in [-0.3, -0.25) is 10.1 Å². The van der Waals surface area contributed by atoms with Crippen LogP contribution >= 0.6 is 33.9 Å². The van der Waals surface area contributed by atoms with Gasteiger partial charge in [0.2, 0.25) is 0 Å². The van der Waals surface area contributed by atoms with E-state index in [2.05, 4.69) is 27.6 Å². The molecule has 0 unspecified atom stereocenters. The second-order valence-corrected chi connectivity index (χ2v) is 6.41. The Hall–Kier alpha value is -1.22. The van der Waals surface area contributed by atoms with Gasteiger partial charge in [0, 0.05) is 22.1 Å². The van der Waals surface area contributed by atoms with E-state index < -0.39 is 0 Å². The Balaban J connectivity index is 2.28. The molecule has 1 aromatic heterocycles. The summed E-state index contributed by atoms with van der Waals surface area (Å²) < 4.78 is 0.853. The topological polar surface area (TPSA) is 59.3 Å². The van der Waals surface area contributed by atoms with Crippen LogP contribution in [0, 0.1) is 20.6 Å². The van der Waals surface area contributed by atoms with Crippen LogP contribution < -0.4 is 4.90 Å². The second kappa shape index (κ2) is 5.83. The highest BCUT2D eigenvalue weighted by atomic mass is 127. The number of nitro benzene ring substituents is 1. The lowest BCUT2D eigenvalue weighted by atomic mass is 10.2. The summed E-state index contributed by atoms with van der Waals surface area (Å²) in [6.45, 7) is 2.51. The molecule has 0 fully saturated rings. The molecule has 0 atom stereocenters. The third-order valence-electron chi connectivity index (χ3n) is 2.61. The predicted molar refractivity (Wildman–Crippen MR) is 84.8 cm³/mol. The molecule has 0 saturated carbocycles. The van der Waals surface area contributed by atoms with Crippen molar-refractivity contribution >= 4 is 45.3 Å². The van der Waals surface area contributed by atoms with Crippen molar-refractivity contribution in [1.82, 2.24) is 4.98 Å². The van der Waals surface area contributed by atoms with Gasteiger partial charge in [-0.25, -0.2) is 4.98 Å². The number of anilines is 1. The van der Waals surface area contributed by atoms with Crippen LogP contribution in [0.4, 0.5) is 11.4 Å². The number of benzene rings is 1. The summed E-state index contributed by atoms with van der Waals surface area (Å²) in [4.78, 5) is 17.0. The van der Waals surface area contributed by atoms with Gasteiger partial charge in [0.05, 0.1) is 22.2 Å². The predicted octanol–water partition coefficient (Wildman–Crippen LogP) is 3.60. The zero-order chi connectivity index (χ0) is 14.0. The molecule has 0 bridgehead atoms. The highest BCUT2D eigenvalue weighted by molar-refractivity contribution is 14.1. The maximum absolute atomic E-state index is 11.1. The van der Waals surface area contributed by atoms with E-state index in [0.29, 0.717) is 12.2 Å². The van der Waals surface area contributed by atoms with Gasteiger partial charge in [0.1, 0.15) is 5.69 Å². The molecule has 7 heteroatoms. The molecule has 2 aromatic rings. The van der Waals surface area contributed by atoms with E-state index in [-0.39, 0.29) is 10.6 Å². The normalized spacial score (nSPS) is 10.5. The van der Waals surface area contributed by atoms with Crippen molar-refractivity contribution in [2.24, 2.45) is 0 Å². The first kappa shape index (κ1) is 14.2. The fourth-order valence-corrected chi connectivity index (χ4v) is 2.85. The molecule has 0 spiro atoms. The SMILES string of the molecule is Cc1nc(CN(C)c2ccc(I)cc2[N+](=O)[O-])cs1. The molecule has 0 N–H and O–H groups in total. The molecule has 2 rings (SSSR count). The average Bonchev–Trinajstić information content (AvgIpc) is 2.74. The van der Waals surface area contributed by atoms with Crippen LogP contribution in [0.3, 0.4) is 0 Å². The minimum Gasteiger partial charge on any atom is -0.363 e. The molecular weight excluding hydrogens is 377 g/mol. The van der Waals surface area contributed by atoms with Crippen LogP contribution in [-0.4, -0.2) is 17.0 Å².